The molecule has 6 nitrogen and oxygen atoms in total. The molecule has 31 heavy (non-hydrogen) atoms. The van der Waals surface area contributed by atoms with Crippen molar-refractivity contribution in [2.24, 2.45) is 0 Å². The molecule has 0 bridgehead atoms. The normalized spacial score (nSPS) is 25.3. The van der Waals surface area contributed by atoms with Gasteiger partial charge >= 0.3 is 0 Å². The van der Waals surface area contributed by atoms with Crippen LogP contribution in [-0.2, 0) is 9.59 Å². The quantitative estimate of drug-likeness (QED) is 0.651. The summed E-state index contributed by atoms with van der Waals surface area (Å²) in [6, 6.07) is 6.59. The predicted molar refractivity (Wildman–Crippen MR) is 126 cm³/mol. The molecule has 2 N–H and O–H groups in total. The van der Waals surface area contributed by atoms with E-state index in [-0.39, 0.29) is 29.1 Å². The predicted octanol–water partition coefficient (Wildman–Crippen LogP) is 3.33. The van der Waals surface area contributed by atoms with Crippen LogP contribution in [0.15, 0.2) is 24.3 Å². The molecule has 1 saturated heterocycles. The first-order valence-corrected chi connectivity index (χ1v) is 13.3. The summed E-state index contributed by atoms with van der Waals surface area (Å²) in [6.07, 6.45) is 6.85. The van der Waals surface area contributed by atoms with E-state index in [2.05, 4.69) is 10.6 Å². The smallest absolute Gasteiger partial charge is 0.256 e. The number of carbonyl (C=O) groups is 3. The summed E-state index contributed by atoms with van der Waals surface area (Å²) in [5.74, 6) is 0.330. The van der Waals surface area contributed by atoms with Crippen molar-refractivity contribution in [2.75, 3.05) is 12.0 Å². The Hall–Kier alpha value is -1.67. The van der Waals surface area contributed by atoms with Crippen LogP contribution in [0.2, 0.25) is 0 Å². The lowest BCUT2D eigenvalue weighted by Gasteiger charge is -2.31. The number of rotatable bonds is 7. The van der Waals surface area contributed by atoms with E-state index in [9.17, 15) is 14.4 Å². The molecular weight excluding hydrogens is 430 g/mol. The van der Waals surface area contributed by atoms with Crippen LogP contribution in [0.25, 0.3) is 0 Å². The molecule has 3 aliphatic rings. The SMILES string of the molecule is CSCCC(NC(=O)C1N2C(=O)c3ccccc3C2SC1(C)C)C(=O)NC1CCCC1. The van der Waals surface area contributed by atoms with E-state index in [1.54, 1.807) is 28.4 Å². The lowest BCUT2D eigenvalue weighted by Crippen LogP contribution is -2.57. The van der Waals surface area contributed by atoms with Crippen LogP contribution in [-0.4, -0.2) is 57.5 Å². The number of benzene rings is 1. The van der Waals surface area contributed by atoms with Gasteiger partial charge in [0.1, 0.15) is 17.5 Å². The Morgan fingerprint density at radius 2 is 1.97 bits per heavy atom. The van der Waals surface area contributed by atoms with Crippen molar-refractivity contribution in [2.45, 2.75) is 74.2 Å². The van der Waals surface area contributed by atoms with Crippen LogP contribution in [0.4, 0.5) is 0 Å². The lowest BCUT2D eigenvalue weighted by molar-refractivity contribution is -0.132. The van der Waals surface area contributed by atoms with Crippen molar-refractivity contribution < 1.29 is 14.4 Å². The number of fused-ring (bicyclic) bond motifs is 3. The topological polar surface area (TPSA) is 78.5 Å². The van der Waals surface area contributed by atoms with Crippen LogP contribution >= 0.6 is 23.5 Å². The molecule has 0 radical (unpaired) electrons. The third kappa shape index (κ3) is 4.33. The van der Waals surface area contributed by atoms with Crippen molar-refractivity contribution >= 4 is 41.2 Å². The highest BCUT2D eigenvalue weighted by Crippen LogP contribution is 2.56. The van der Waals surface area contributed by atoms with E-state index in [0.29, 0.717) is 12.0 Å². The van der Waals surface area contributed by atoms with Crippen LogP contribution in [0.5, 0.6) is 0 Å². The molecule has 3 unspecified atom stereocenters. The Bertz CT molecular complexity index is 869. The van der Waals surface area contributed by atoms with Gasteiger partial charge in [0.15, 0.2) is 0 Å². The molecule has 3 atom stereocenters. The van der Waals surface area contributed by atoms with Gasteiger partial charge in [-0.3, -0.25) is 14.4 Å². The van der Waals surface area contributed by atoms with E-state index in [0.717, 1.165) is 37.0 Å². The summed E-state index contributed by atoms with van der Waals surface area (Å²) in [5.41, 5.74) is 1.64. The zero-order valence-corrected chi connectivity index (χ0v) is 20.0. The van der Waals surface area contributed by atoms with Gasteiger partial charge in [0, 0.05) is 16.4 Å². The summed E-state index contributed by atoms with van der Waals surface area (Å²) >= 11 is 3.30. The minimum Gasteiger partial charge on any atom is -0.352 e. The monoisotopic (exact) mass is 461 g/mol. The van der Waals surface area contributed by atoms with Crippen LogP contribution < -0.4 is 10.6 Å². The van der Waals surface area contributed by atoms with Crippen molar-refractivity contribution in [1.82, 2.24) is 15.5 Å². The van der Waals surface area contributed by atoms with Crippen LogP contribution in [0, 0.1) is 0 Å². The molecule has 3 amide bonds. The van der Waals surface area contributed by atoms with Gasteiger partial charge < -0.3 is 15.5 Å². The highest BCUT2D eigenvalue weighted by Gasteiger charge is 2.57. The number of hydrogen-bond donors (Lipinski definition) is 2. The second-order valence-electron chi connectivity index (χ2n) is 9.11. The van der Waals surface area contributed by atoms with Gasteiger partial charge in [-0.1, -0.05) is 31.0 Å². The largest absolute Gasteiger partial charge is 0.352 e. The fourth-order valence-corrected chi connectivity index (χ4v) is 6.99. The average molecular weight is 462 g/mol. The van der Waals surface area contributed by atoms with E-state index < -0.39 is 16.8 Å². The molecule has 2 heterocycles. The van der Waals surface area contributed by atoms with Gasteiger partial charge in [-0.2, -0.15) is 11.8 Å². The first-order chi connectivity index (χ1) is 14.8. The Labute approximate surface area is 192 Å². The van der Waals surface area contributed by atoms with E-state index in [1.165, 1.54) is 0 Å². The lowest BCUT2D eigenvalue weighted by atomic mass is 10.00. The van der Waals surface area contributed by atoms with Gasteiger partial charge in [0.2, 0.25) is 11.8 Å². The van der Waals surface area contributed by atoms with Crippen molar-refractivity contribution in [3.63, 3.8) is 0 Å². The minimum atomic E-state index is -0.626. The number of nitrogens with one attached hydrogen (secondary N) is 2. The summed E-state index contributed by atoms with van der Waals surface area (Å²) in [7, 11) is 0. The van der Waals surface area contributed by atoms with E-state index in [1.807, 2.05) is 44.4 Å². The third-order valence-electron chi connectivity index (χ3n) is 6.49. The molecule has 0 aromatic heterocycles. The summed E-state index contributed by atoms with van der Waals surface area (Å²) < 4.78 is -0.454. The molecule has 4 rings (SSSR count). The molecule has 1 aliphatic carbocycles. The zero-order valence-electron chi connectivity index (χ0n) is 18.3. The molecule has 168 valence electrons. The second-order valence-corrected chi connectivity index (χ2v) is 11.8. The summed E-state index contributed by atoms with van der Waals surface area (Å²) in [6.45, 7) is 4.01. The standard InChI is InChI=1S/C23H31N3O3S2/c1-23(2)18(26-21(29)15-10-6-7-11-16(15)22(26)31-23)20(28)25-17(12-13-30-3)19(27)24-14-8-4-5-9-14/h6-7,10-11,14,17-18,22H,4-5,8-9,12-13H2,1-3H3,(H,24,27)(H,25,28). The van der Waals surface area contributed by atoms with E-state index >= 15 is 0 Å². The third-order valence-corrected chi connectivity index (χ3v) is 8.67. The minimum absolute atomic E-state index is 0.102. The molecule has 1 aromatic rings. The summed E-state index contributed by atoms with van der Waals surface area (Å²) in [4.78, 5) is 41.3. The summed E-state index contributed by atoms with van der Waals surface area (Å²) in [5, 5.41) is 5.98. The van der Waals surface area contributed by atoms with Gasteiger partial charge in [0.25, 0.3) is 5.91 Å². The van der Waals surface area contributed by atoms with Crippen molar-refractivity contribution in [3.8, 4) is 0 Å². The van der Waals surface area contributed by atoms with Crippen LogP contribution in [0.3, 0.4) is 0 Å². The van der Waals surface area contributed by atoms with Gasteiger partial charge in [0.05, 0.1) is 0 Å². The van der Waals surface area contributed by atoms with Crippen molar-refractivity contribution in [3.05, 3.63) is 35.4 Å². The average Bonchev–Trinajstić information content (AvgIpc) is 3.41. The maximum absolute atomic E-state index is 13.5. The Kier molecular flexibility index (Phi) is 6.58. The highest BCUT2D eigenvalue weighted by molar-refractivity contribution is 8.01. The van der Waals surface area contributed by atoms with Gasteiger partial charge in [-0.05, 0) is 56.7 Å². The number of thioether (sulfide) groups is 2. The molecule has 1 aromatic carbocycles. The first-order valence-electron chi connectivity index (χ1n) is 11.0. The fraction of sp³-hybridized carbons (Fsp3) is 0.609. The Balaban J connectivity index is 1.52. The maximum Gasteiger partial charge on any atom is 0.256 e. The Morgan fingerprint density at radius 1 is 1.26 bits per heavy atom. The van der Waals surface area contributed by atoms with E-state index in [4.69, 9.17) is 0 Å². The van der Waals surface area contributed by atoms with Gasteiger partial charge in [-0.15, -0.1) is 11.8 Å². The number of nitrogens with zero attached hydrogens (tertiary/aromatic N) is 1. The first kappa shape index (κ1) is 22.5. The number of hydrogen-bond acceptors (Lipinski definition) is 5. The Morgan fingerprint density at radius 3 is 2.68 bits per heavy atom. The van der Waals surface area contributed by atoms with Gasteiger partial charge in [-0.25, -0.2) is 0 Å². The number of carbonyl (C=O) groups excluding carboxylic acids is 3. The highest BCUT2D eigenvalue weighted by atomic mass is 32.2. The zero-order chi connectivity index (χ0) is 22.2. The second kappa shape index (κ2) is 9.06. The fourth-order valence-electron chi connectivity index (χ4n) is 4.93. The molecule has 0 spiro atoms. The molecular formula is C23H31N3O3S2. The maximum atomic E-state index is 13.5. The molecule has 2 aliphatic heterocycles. The van der Waals surface area contributed by atoms with Crippen molar-refractivity contribution in [1.29, 1.82) is 0 Å². The molecule has 1 saturated carbocycles. The molecule has 2 fully saturated rings. The van der Waals surface area contributed by atoms with Crippen LogP contribution in [0.1, 0.15) is 67.2 Å². The number of amides is 3. The molecule has 8 heteroatoms.